The van der Waals surface area contributed by atoms with Gasteiger partial charge in [0.1, 0.15) is 0 Å². The summed E-state index contributed by atoms with van der Waals surface area (Å²) < 4.78 is 1.36. The van der Waals surface area contributed by atoms with Crippen LogP contribution in [-0.2, 0) is 25.7 Å². The van der Waals surface area contributed by atoms with Gasteiger partial charge in [0, 0.05) is 10.2 Å². The molecule has 0 radical (unpaired) electrons. The van der Waals surface area contributed by atoms with E-state index in [1.165, 1.54) is 52.4 Å². The maximum atomic E-state index is 6.03. The van der Waals surface area contributed by atoms with Crippen molar-refractivity contribution in [1.29, 1.82) is 0 Å². The number of rotatable bonds is 0. The van der Waals surface area contributed by atoms with Crippen LogP contribution in [-0.4, -0.2) is 0 Å². The van der Waals surface area contributed by atoms with Crippen molar-refractivity contribution < 1.29 is 0 Å². The van der Waals surface area contributed by atoms with Crippen LogP contribution in [0.15, 0.2) is 4.47 Å². The summed E-state index contributed by atoms with van der Waals surface area (Å²) in [6.45, 7) is 0. The van der Waals surface area contributed by atoms with Crippen molar-refractivity contribution in [3.05, 3.63) is 26.7 Å². The fourth-order valence-electron chi connectivity index (χ4n) is 2.19. The van der Waals surface area contributed by atoms with E-state index in [4.69, 9.17) is 5.73 Å². The average Bonchev–Trinajstić information content (AvgIpc) is 1.78. The predicted molar refractivity (Wildman–Crippen MR) is 53.4 cm³/mol. The standard InChI is InChI=1S/C10H10BrN/c11-9-5-1-3-7(5)10(12)8-4-2-6(8)9/h1-4,12H2. The Morgan fingerprint density at radius 2 is 1.25 bits per heavy atom. The van der Waals surface area contributed by atoms with Crippen LogP contribution < -0.4 is 5.73 Å². The number of benzene rings is 1. The van der Waals surface area contributed by atoms with Crippen LogP contribution in [0.25, 0.3) is 0 Å². The Balaban J connectivity index is 2.39. The molecule has 2 heteroatoms. The number of fused-ring (bicyclic) bond motifs is 2. The molecule has 2 aliphatic carbocycles. The van der Waals surface area contributed by atoms with E-state index in [9.17, 15) is 0 Å². The second kappa shape index (κ2) is 2.05. The first-order chi connectivity index (χ1) is 5.79. The van der Waals surface area contributed by atoms with Gasteiger partial charge in [0.15, 0.2) is 0 Å². The van der Waals surface area contributed by atoms with Crippen LogP contribution in [0.5, 0.6) is 0 Å². The molecular weight excluding hydrogens is 214 g/mol. The summed E-state index contributed by atoms with van der Waals surface area (Å²) in [5, 5.41) is 0. The summed E-state index contributed by atoms with van der Waals surface area (Å²) in [7, 11) is 0. The molecule has 0 heterocycles. The van der Waals surface area contributed by atoms with Crippen LogP contribution in [0.3, 0.4) is 0 Å². The van der Waals surface area contributed by atoms with E-state index in [0.29, 0.717) is 0 Å². The Morgan fingerprint density at radius 1 is 0.833 bits per heavy atom. The second-order valence-corrected chi connectivity index (χ2v) is 4.43. The van der Waals surface area contributed by atoms with E-state index < -0.39 is 0 Å². The molecule has 3 rings (SSSR count). The average molecular weight is 224 g/mol. The smallest absolute Gasteiger partial charge is 0.0385 e. The molecule has 0 saturated heterocycles. The number of anilines is 1. The molecule has 0 unspecified atom stereocenters. The minimum Gasteiger partial charge on any atom is -0.398 e. The third-order valence-corrected chi connectivity index (χ3v) is 4.12. The molecule has 0 aliphatic heterocycles. The Labute approximate surface area is 80.1 Å². The van der Waals surface area contributed by atoms with Crippen molar-refractivity contribution in [2.24, 2.45) is 0 Å². The van der Waals surface area contributed by atoms with E-state index in [1.54, 1.807) is 0 Å². The first-order valence-electron chi connectivity index (χ1n) is 4.39. The van der Waals surface area contributed by atoms with Gasteiger partial charge >= 0.3 is 0 Å². The van der Waals surface area contributed by atoms with Gasteiger partial charge in [0.2, 0.25) is 0 Å². The van der Waals surface area contributed by atoms with Crippen molar-refractivity contribution in [3.8, 4) is 0 Å². The third-order valence-electron chi connectivity index (χ3n) is 3.16. The summed E-state index contributed by atoms with van der Waals surface area (Å²) in [6, 6.07) is 0. The van der Waals surface area contributed by atoms with Gasteiger partial charge < -0.3 is 5.73 Å². The lowest BCUT2D eigenvalue weighted by molar-refractivity contribution is 0.771. The maximum Gasteiger partial charge on any atom is 0.0385 e. The molecule has 0 spiro atoms. The van der Waals surface area contributed by atoms with Crippen LogP contribution in [0, 0.1) is 0 Å². The summed E-state index contributed by atoms with van der Waals surface area (Å²) in [6.07, 6.45) is 4.81. The van der Waals surface area contributed by atoms with Crippen molar-refractivity contribution in [2.45, 2.75) is 25.7 Å². The Morgan fingerprint density at radius 3 is 1.58 bits per heavy atom. The zero-order valence-electron chi connectivity index (χ0n) is 6.78. The summed E-state index contributed by atoms with van der Waals surface area (Å²) >= 11 is 3.66. The fourth-order valence-corrected chi connectivity index (χ4v) is 3.07. The number of hydrogen-bond acceptors (Lipinski definition) is 1. The molecule has 12 heavy (non-hydrogen) atoms. The van der Waals surface area contributed by atoms with Gasteiger partial charge in [-0.25, -0.2) is 0 Å². The first kappa shape index (κ1) is 6.96. The van der Waals surface area contributed by atoms with E-state index in [2.05, 4.69) is 15.9 Å². The van der Waals surface area contributed by atoms with Crippen molar-refractivity contribution in [1.82, 2.24) is 0 Å². The zero-order valence-corrected chi connectivity index (χ0v) is 8.37. The van der Waals surface area contributed by atoms with E-state index in [0.717, 1.165) is 5.69 Å². The summed E-state index contributed by atoms with van der Waals surface area (Å²) in [5.41, 5.74) is 12.9. The van der Waals surface area contributed by atoms with Crippen LogP contribution in [0.2, 0.25) is 0 Å². The molecule has 0 aromatic heterocycles. The molecule has 62 valence electrons. The van der Waals surface area contributed by atoms with Gasteiger partial charge in [-0.3, -0.25) is 0 Å². The van der Waals surface area contributed by atoms with Gasteiger partial charge in [-0.2, -0.15) is 0 Å². The Hall–Kier alpha value is -0.500. The summed E-state index contributed by atoms with van der Waals surface area (Å²) in [4.78, 5) is 0. The molecule has 0 fully saturated rings. The minimum absolute atomic E-state index is 1.10. The highest BCUT2D eigenvalue weighted by Crippen LogP contribution is 2.44. The second-order valence-electron chi connectivity index (χ2n) is 3.64. The predicted octanol–water partition coefficient (Wildman–Crippen LogP) is 2.23. The molecule has 1 aromatic carbocycles. The highest BCUT2D eigenvalue weighted by atomic mass is 79.9. The monoisotopic (exact) mass is 223 g/mol. The van der Waals surface area contributed by atoms with E-state index >= 15 is 0 Å². The number of nitrogen functional groups attached to an aromatic ring is 1. The lowest BCUT2D eigenvalue weighted by Gasteiger charge is -2.32. The van der Waals surface area contributed by atoms with Crippen LogP contribution in [0.1, 0.15) is 22.3 Å². The summed E-state index contributed by atoms with van der Waals surface area (Å²) in [5.74, 6) is 0. The molecule has 0 atom stereocenters. The topological polar surface area (TPSA) is 26.0 Å². The highest BCUT2D eigenvalue weighted by Gasteiger charge is 2.29. The van der Waals surface area contributed by atoms with Crippen LogP contribution in [0.4, 0.5) is 5.69 Å². The molecule has 0 amide bonds. The largest absolute Gasteiger partial charge is 0.398 e. The Kier molecular flexibility index (Phi) is 1.19. The van der Waals surface area contributed by atoms with Gasteiger partial charge in [-0.1, -0.05) is 15.9 Å². The zero-order chi connectivity index (χ0) is 8.29. The number of nitrogens with two attached hydrogens (primary N) is 1. The van der Waals surface area contributed by atoms with Crippen molar-refractivity contribution in [2.75, 3.05) is 5.73 Å². The SMILES string of the molecule is Nc1c2c(c(Br)c3c1CC3)CC2. The third kappa shape index (κ3) is 0.612. The highest BCUT2D eigenvalue weighted by molar-refractivity contribution is 9.10. The van der Waals surface area contributed by atoms with Crippen molar-refractivity contribution in [3.63, 3.8) is 0 Å². The van der Waals surface area contributed by atoms with Crippen LogP contribution >= 0.6 is 15.9 Å². The first-order valence-corrected chi connectivity index (χ1v) is 5.18. The van der Waals surface area contributed by atoms with E-state index in [1.807, 2.05) is 0 Å². The molecular formula is C10H10BrN. The maximum absolute atomic E-state index is 6.03. The molecule has 2 aliphatic rings. The molecule has 2 N–H and O–H groups in total. The molecule has 1 nitrogen and oxygen atoms in total. The van der Waals surface area contributed by atoms with Gasteiger partial charge in [-0.05, 0) is 47.9 Å². The normalized spacial score (nSPS) is 17.4. The molecule has 0 bridgehead atoms. The van der Waals surface area contributed by atoms with Gasteiger partial charge in [0.25, 0.3) is 0 Å². The van der Waals surface area contributed by atoms with E-state index in [-0.39, 0.29) is 0 Å². The fraction of sp³-hybridized carbons (Fsp3) is 0.400. The van der Waals surface area contributed by atoms with Gasteiger partial charge in [0.05, 0.1) is 0 Å². The molecule has 1 aromatic rings. The number of halogens is 1. The quantitative estimate of drug-likeness (QED) is 0.672. The minimum atomic E-state index is 1.10. The van der Waals surface area contributed by atoms with Crippen molar-refractivity contribution >= 4 is 21.6 Å². The Bertz CT molecular complexity index is 285. The number of hydrogen-bond donors (Lipinski definition) is 1. The lowest BCUT2D eigenvalue weighted by atomic mass is 9.76. The van der Waals surface area contributed by atoms with Gasteiger partial charge in [-0.15, -0.1) is 0 Å². The molecule has 0 saturated carbocycles. The lowest BCUT2D eigenvalue weighted by Crippen LogP contribution is -2.22.